The summed E-state index contributed by atoms with van der Waals surface area (Å²) < 4.78 is 10.4. The van der Waals surface area contributed by atoms with Gasteiger partial charge < -0.3 is 14.6 Å². The number of halogens is 1. The highest BCUT2D eigenvalue weighted by atomic mass is 35.5. The Labute approximate surface area is 97.7 Å². The molecule has 1 heterocycles. The first-order valence-electron chi connectivity index (χ1n) is 4.96. The Hall–Kier alpha value is -1.42. The SMILES string of the molecule is O=C(O)CCCc1cc2c(cc1Cl)OCO2. The number of carbonyl (C=O) groups is 1. The highest BCUT2D eigenvalue weighted by Crippen LogP contribution is 2.37. The molecule has 0 radical (unpaired) electrons. The van der Waals surface area contributed by atoms with Gasteiger partial charge in [-0.2, -0.15) is 0 Å². The molecule has 1 aliphatic heterocycles. The molecule has 4 nitrogen and oxygen atoms in total. The van der Waals surface area contributed by atoms with E-state index in [0.29, 0.717) is 29.4 Å². The van der Waals surface area contributed by atoms with Crippen LogP contribution < -0.4 is 9.47 Å². The van der Waals surface area contributed by atoms with Gasteiger partial charge in [-0.05, 0) is 24.5 Å². The molecule has 1 N–H and O–H groups in total. The molecule has 0 fully saturated rings. The Morgan fingerprint density at radius 3 is 2.75 bits per heavy atom. The number of hydrogen-bond acceptors (Lipinski definition) is 3. The van der Waals surface area contributed by atoms with Gasteiger partial charge in [0.2, 0.25) is 6.79 Å². The summed E-state index contributed by atoms with van der Waals surface area (Å²) in [6.45, 7) is 0.213. The normalized spacial score (nSPS) is 12.8. The summed E-state index contributed by atoms with van der Waals surface area (Å²) in [6.07, 6.45) is 1.33. The molecule has 0 atom stereocenters. The summed E-state index contributed by atoms with van der Waals surface area (Å²) in [6, 6.07) is 3.52. The average Bonchev–Trinajstić information content (AvgIpc) is 2.64. The van der Waals surface area contributed by atoms with Crippen LogP contribution in [-0.4, -0.2) is 17.9 Å². The minimum atomic E-state index is -0.795. The minimum Gasteiger partial charge on any atom is -0.481 e. The number of carboxylic acids is 1. The lowest BCUT2D eigenvalue weighted by atomic mass is 10.1. The van der Waals surface area contributed by atoms with Crippen molar-refractivity contribution in [1.82, 2.24) is 0 Å². The molecule has 16 heavy (non-hydrogen) atoms. The molecule has 2 rings (SSSR count). The van der Waals surface area contributed by atoms with Crippen LogP contribution in [0.2, 0.25) is 5.02 Å². The first kappa shape index (κ1) is 11.1. The Bertz CT molecular complexity index is 417. The van der Waals surface area contributed by atoms with Crippen LogP contribution in [0, 0.1) is 0 Å². The maximum Gasteiger partial charge on any atom is 0.303 e. The van der Waals surface area contributed by atoms with Crippen LogP contribution in [0.1, 0.15) is 18.4 Å². The molecular weight excluding hydrogens is 232 g/mol. The van der Waals surface area contributed by atoms with Crippen molar-refractivity contribution in [2.75, 3.05) is 6.79 Å². The van der Waals surface area contributed by atoms with Gasteiger partial charge in [0.05, 0.1) is 0 Å². The minimum absolute atomic E-state index is 0.144. The van der Waals surface area contributed by atoms with E-state index in [1.165, 1.54) is 0 Å². The maximum atomic E-state index is 10.4. The zero-order chi connectivity index (χ0) is 11.5. The van der Waals surface area contributed by atoms with Gasteiger partial charge in [0.15, 0.2) is 11.5 Å². The second-order valence-electron chi connectivity index (χ2n) is 3.54. The van der Waals surface area contributed by atoms with Crippen LogP contribution in [0.15, 0.2) is 12.1 Å². The van der Waals surface area contributed by atoms with E-state index in [9.17, 15) is 4.79 Å². The van der Waals surface area contributed by atoms with E-state index in [1.807, 2.05) is 6.07 Å². The van der Waals surface area contributed by atoms with E-state index < -0.39 is 5.97 Å². The van der Waals surface area contributed by atoms with Gasteiger partial charge in [0.25, 0.3) is 0 Å². The van der Waals surface area contributed by atoms with Gasteiger partial charge in [-0.25, -0.2) is 0 Å². The van der Waals surface area contributed by atoms with E-state index in [2.05, 4.69) is 0 Å². The Morgan fingerprint density at radius 1 is 1.38 bits per heavy atom. The third-order valence-electron chi connectivity index (χ3n) is 2.38. The highest BCUT2D eigenvalue weighted by molar-refractivity contribution is 6.31. The number of ether oxygens (including phenoxy) is 2. The molecule has 0 unspecified atom stereocenters. The Balaban J connectivity index is 2.06. The van der Waals surface area contributed by atoms with Crippen molar-refractivity contribution < 1.29 is 19.4 Å². The molecule has 1 aromatic rings. The van der Waals surface area contributed by atoms with Crippen LogP contribution in [0.4, 0.5) is 0 Å². The predicted octanol–water partition coefficient (Wildman–Crippen LogP) is 2.48. The zero-order valence-corrected chi connectivity index (χ0v) is 9.29. The van der Waals surface area contributed by atoms with Gasteiger partial charge >= 0.3 is 5.97 Å². The number of fused-ring (bicyclic) bond motifs is 1. The lowest BCUT2D eigenvalue weighted by molar-refractivity contribution is -0.137. The average molecular weight is 243 g/mol. The van der Waals surface area contributed by atoms with Crippen molar-refractivity contribution in [3.63, 3.8) is 0 Å². The molecular formula is C11H11ClO4. The number of benzene rings is 1. The summed E-state index contributed by atoms with van der Waals surface area (Å²) in [4.78, 5) is 10.4. The van der Waals surface area contributed by atoms with Crippen LogP contribution in [0.3, 0.4) is 0 Å². The van der Waals surface area contributed by atoms with Crippen molar-refractivity contribution in [3.8, 4) is 11.5 Å². The van der Waals surface area contributed by atoms with E-state index in [0.717, 1.165) is 5.56 Å². The smallest absolute Gasteiger partial charge is 0.303 e. The number of carboxylic acid groups (broad SMARTS) is 1. The van der Waals surface area contributed by atoms with Crippen molar-refractivity contribution in [2.45, 2.75) is 19.3 Å². The molecule has 86 valence electrons. The van der Waals surface area contributed by atoms with E-state index in [-0.39, 0.29) is 13.2 Å². The predicted molar refractivity (Wildman–Crippen MR) is 58.1 cm³/mol. The van der Waals surface area contributed by atoms with Crippen molar-refractivity contribution in [3.05, 3.63) is 22.7 Å². The quantitative estimate of drug-likeness (QED) is 0.881. The fourth-order valence-electron chi connectivity index (χ4n) is 1.58. The fourth-order valence-corrected chi connectivity index (χ4v) is 1.83. The number of aliphatic carboxylic acids is 1. The van der Waals surface area contributed by atoms with Crippen molar-refractivity contribution >= 4 is 17.6 Å². The van der Waals surface area contributed by atoms with E-state index in [4.69, 9.17) is 26.2 Å². The number of rotatable bonds is 4. The standard InChI is InChI=1S/C11H11ClO4/c12-8-5-10-9(15-6-16-10)4-7(8)2-1-3-11(13)14/h4-5H,1-3,6H2,(H,13,14). The fraction of sp³-hybridized carbons (Fsp3) is 0.364. The van der Waals surface area contributed by atoms with Crippen molar-refractivity contribution in [2.24, 2.45) is 0 Å². The summed E-state index contributed by atoms with van der Waals surface area (Å²) in [5, 5.41) is 9.13. The van der Waals surface area contributed by atoms with Crippen molar-refractivity contribution in [1.29, 1.82) is 0 Å². The molecule has 0 amide bonds. The molecule has 1 aliphatic rings. The largest absolute Gasteiger partial charge is 0.481 e. The third-order valence-corrected chi connectivity index (χ3v) is 2.73. The second-order valence-corrected chi connectivity index (χ2v) is 3.95. The summed E-state index contributed by atoms with van der Waals surface area (Å²) in [5.41, 5.74) is 0.896. The Kier molecular flexibility index (Phi) is 3.19. The maximum absolute atomic E-state index is 10.4. The molecule has 0 saturated carbocycles. The lowest BCUT2D eigenvalue weighted by Crippen LogP contribution is -1.96. The van der Waals surface area contributed by atoms with Crippen LogP contribution >= 0.6 is 11.6 Å². The molecule has 0 saturated heterocycles. The topological polar surface area (TPSA) is 55.8 Å². The monoisotopic (exact) mass is 242 g/mol. The molecule has 0 bridgehead atoms. The first-order valence-corrected chi connectivity index (χ1v) is 5.34. The van der Waals surface area contributed by atoms with Gasteiger partial charge in [0.1, 0.15) is 0 Å². The van der Waals surface area contributed by atoms with Crippen LogP contribution in [0.25, 0.3) is 0 Å². The molecule has 0 aliphatic carbocycles. The number of aryl methyl sites for hydroxylation is 1. The zero-order valence-electron chi connectivity index (χ0n) is 8.53. The Morgan fingerprint density at radius 2 is 2.06 bits per heavy atom. The summed E-state index contributed by atoms with van der Waals surface area (Å²) in [5.74, 6) is 0.526. The molecule has 5 heteroatoms. The molecule has 1 aromatic carbocycles. The van der Waals surface area contributed by atoms with Gasteiger partial charge in [-0.3, -0.25) is 4.79 Å². The lowest BCUT2D eigenvalue weighted by Gasteiger charge is -2.05. The summed E-state index contributed by atoms with van der Waals surface area (Å²) >= 11 is 6.04. The summed E-state index contributed by atoms with van der Waals surface area (Å²) in [7, 11) is 0. The van der Waals surface area contributed by atoms with Crippen LogP contribution in [0.5, 0.6) is 11.5 Å². The first-order chi connectivity index (χ1) is 7.66. The van der Waals surface area contributed by atoms with E-state index in [1.54, 1.807) is 6.07 Å². The second kappa shape index (κ2) is 4.61. The number of hydrogen-bond donors (Lipinski definition) is 1. The van der Waals surface area contributed by atoms with Gasteiger partial charge in [-0.1, -0.05) is 11.6 Å². The highest BCUT2D eigenvalue weighted by Gasteiger charge is 2.16. The van der Waals surface area contributed by atoms with Gasteiger partial charge in [0, 0.05) is 17.5 Å². The molecule has 0 aromatic heterocycles. The molecule has 0 spiro atoms. The third kappa shape index (κ3) is 2.39. The van der Waals surface area contributed by atoms with Crippen LogP contribution in [-0.2, 0) is 11.2 Å². The van der Waals surface area contributed by atoms with E-state index >= 15 is 0 Å². The van der Waals surface area contributed by atoms with Gasteiger partial charge in [-0.15, -0.1) is 0 Å².